The number of benzene rings is 2. The van der Waals surface area contributed by atoms with Crippen LogP contribution in [-0.4, -0.2) is 12.0 Å². The van der Waals surface area contributed by atoms with Crippen LogP contribution >= 0.6 is 0 Å². The lowest BCUT2D eigenvalue weighted by Crippen LogP contribution is -2.30. The van der Waals surface area contributed by atoms with Crippen molar-refractivity contribution < 1.29 is 9.53 Å². The molecule has 4 N–H and O–H groups in total. The third-order valence-electron chi connectivity index (χ3n) is 4.58. The molecule has 28 heavy (non-hydrogen) atoms. The van der Waals surface area contributed by atoms with Crippen LogP contribution in [0.1, 0.15) is 65.2 Å². The van der Waals surface area contributed by atoms with Gasteiger partial charge in [-0.05, 0) is 59.6 Å². The standard InChI is InChI=1S/C13H19NO2.C11H17N/c1-9(12(14)15)16-11-7-5-10(6-8-11)13(2,3)4;1-8-5-6-9(7-10(8)12)11(2,3)4/h5-9H,1-4H3,(H2,14,15);5-7H,12H2,1-4H3. The first-order valence-electron chi connectivity index (χ1n) is 9.65. The molecule has 4 nitrogen and oxygen atoms in total. The van der Waals surface area contributed by atoms with Gasteiger partial charge in [0.05, 0.1) is 0 Å². The molecule has 0 aliphatic carbocycles. The summed E-state index contributed by atoms with van der Waals surface area (Å²) in [4.78, 5) is 10.8. The summed E-state index contributed by atoms with van der Waals surface area (Å²) in [6.07, 6.45) is -0.597. The highest BCUT2D eigenvalue weighted by Crippen LogP contribution is 2.25. The molecule has 0 spiro atoms. The highest BCUT2D eigenvalue weighted by molar-refractivity contribution is 5.78. The van der Waals surface area contributed by atoms with Crippen LogP contribution in [0.4, 0.5) is 5.69 Å². The lowest BCUT2D eigenvalue weighted by atomic mass is 9.86. The van der Waals surface area contributed by atoms with Crippen LogP contribution < -0.4 is 16.2 Å². The van der Waals surface area contributed by atoms with Crippen molar-refractivity contribution in [3.05, 3.63) is 59.2 Å². The fourth-order valence-corrected chi connectivity index (χ4v) is 2.40. The number of amides is 1. The fraction of sp³-hybridized carbons (Fsp3) is 0.458. The zero-order valence-corrected chi connectivity index (χ0v) is 18.6. The molecule has 0 aliphatic rings. The van der Waals surface area contributed by atoms with E-state index in [2.05, 4.69) is 59.7 Å². The molecule has 0 fully saturated rings. The summed E-state index contributed by atoms with van der Waals surface area (Å²) in [6, 6.07) is 14.0. The molecule has 1 atom stereocenters. The van der Waals surface area contributed by atoms with Crippen molar-refractivity contribution in [3.8, 4) is 5.75 Å². The summed E-state index contributed by atoms with van der Waals surface area (Å²) in [7, 11) is 0. The Hall–Kier alpha value is -2.49. The number of primary amides is 1. The molecule has 0 aromatic heterocycles. The van der Waals surface area contributed by atoms with Gasteiger partial charge in [0.2, 0.25) is 0 Å². The summed E-state index contributed by atoms with van der Waals surface area (Å²) < 4.78 is 5.37. The van der Waals surface area contributed by atoms with E-state index in [1.807, 2.05) is 31.2 Å². The van der Waals surface area contributed by atoms with E-state index in [4.69, 9.17) is 16.2 Å². The Morgan fingerprint density at radius 2 is 1.36 bits per heavy atom. The topological polar surface area (TPSA) is 78.3 Å². The minimum Gasteiger partial charge on any atom is -0.481 e. The van der Waals surface area contributed by atoms with Gasteiger partial charge < -0.3 is 16.2 Å². The summed E-state index contributed by atoms with van der Waals surface area (Å²) in [5.41, 5.74) is 15.8. The van der Waals surface area contributed by atoms with E-state index in [9.17, 15) is 4.79 Å². The minimum atomic E-state index is -0.597. The van der Waals surface area contributed by atoms with Crippen molar-refractivity contribution >= 4 is 11.6 Å². The average molecular weight is 385 g/mol. The Kier molecular flexibility index (Phi) is 7.68. The predicted molar refractivity (Wildman–Crippen MR) is 119 cm³/mol. The van der Waals surface area contributed by atoms with Crippen molar-refractivity contribution in [3.63, 3.8) is 0 Å². The van der Waals surface area contributed by atoms with Crippen molar-refractivity contribution in [1.29, 1.82) is 0 Å². The predicted octanol–water partition coefficient (Wildman–Crippen LogP) is 5.11. The molecule has 2 rings (SSSR count). The molecule has 1 amide bonds. The van der Waals surface area contributed by atoms with E-state index >= 15 is 0 Å². The van der Waals surface area contributed by atoms with Crippen LogP contribution in [0.2, 0.25) is 0 Å². The monoisotopic (exact) mass is 384 g/mol. The Bertz CT molecular complexity index is 782. The SMILES string of the molecule is CC(Oc1ccc(C(C)(C)C)cc1)C(N)=O.Cc1ccc(C(C)(C)C)cc1N. The lowest BCUT2D eigenvalue weighted by Gasteiger charge is -2.19. The van der Waals surface area contributed by atoms with Crippen molar-refractivity contribution in [1.82, 2.24) is 0 Å². The number of ether oxygens (including phenoxy) is 1. The second-order valence-electron chi connectivity index (χ2n) is 9.26. The van der Waals surface area contributed by atoms with Gasteiger partial charge in [-0.25, -0.2) is 0 Å². The van der Waals surface area contributed by atoms with E-state index in [0.717, 1.165) is 11.3 Å². The van der Waals surface area contributed by atoms with Crippen LogP contribution in [0.3, 0.4) is 0 Å². The summed E-state index contributed by atoms with van der Waals surface area (Å²) in [5, 5.41) is 0. The van der Waals surface area contributed by atoms with Crippen molar-refractivity contribution in [2.24, 2.45) is 5.73 Å². The molecule has 0 bridgehead atoms. The molecule has 0 radical (unpaired) electrons. The zero-order valence-electron chi connectivity index (χ0n) is 18.6. The Labute approximate surface area is 170 Å². The van der Waals surface area contributed by atoms with Gasteiger partial charge in [0.25, 0.3) is 5.91 Å². The first-order valence-corrected chi connectivity index (χ1v) is 9.65. The summed E-state index contributed by atoms with van der Waals surface area (Å²) in [5.74, 6) is 0.208. The molecular weight excluding hydrogens is 348 g/mol. The maximum Gasteiger partial charge on any atom is 0.258 e. The number of rotatable bonds is 3. The smallest absolute Gasteiger partial charge is 0.258 e. The highest BCUT2D eigenvalue weighted by Gasteiger charge is 2.15. The van der Waals surface area contributed by atoms with Gasteiger partial charge in [-0.2, -0.15) is 0 Å². The molecular formula is C24H36N2O2. The fourth-order valence-electron chi connectivity index (χ4n) is 2.40. The number of aryl methyl sites for hydroxylation is 1. The van der Waals surface area contributed by atoms with E-state index in [-0.39, 0.29) is 10.8 Å². The van der Waals surface area contributed by atoms with Crippen LogP contribution in [0, 0.1) is 6.92 Å². The van der Waals surface area contributed by atoms with E-state index < -0.39 is 12.0 Å². The normalized spacial score (nSPS) is 12.6. The number of anilines is 1. The van der Waals surface area contributed by atoms with Crippen molar-refractivity contribution in [2.45, 2.75) is 72.3 Å². The minimum absolute atomic E-state index is 0.119. The number of carbonyl (C=O) groups is 1. The molecule has 0 saturated carbocycles. The van der Waals surface area contributed by atoms with Gasteiger partial charge in [0.1, 0.15) is 5.75 Å². The average Bonchev–Trinajstić information content (AvgIpc) is 2.56. The van der Waals surface area contributed by atoms with E-state index in [0.29, 0.717) is 5.75 Å². The van der Waals surface area contributed by atoms with Crippen LogP contribution in [-0.2, 0) is 15.6 Å². The Morgan fingerprint density at radius 1 is 0.893 bits per heavy atom. The molecule has 154 valence electrons. The highest BCUT2D eigenvalue weighted by atomic mass is 16.5. The van der Waals surface area contributed by atoms with Gasteiger partial charge in [-0.1, -0.05) is 65.8 Å². The number of hydrogen-bond acceptors (Lipinski definition) is 3. The number of hydrogen-bond donors (Lipinski definition) is 2. The first-order chi connectivity index (χ1) is 12.7. The molecule has 4 heteroatoms. The summed E-state index contributed by atoms with van der Waals surface area (Å²) in [6.45, 7) is 16.7. The third kappa shape index (κ3) is 7.26. The first kappa shape index (κ1) is 23.5. The molecule has 2 aromatic carbocycles. The van der Waals surface area contributed by atoms with Crippen LogP contribution in [0.15, 0.2) is 42.5 Å². The van der Waals surface area contributed by atoms with Gasteiger partial charge in [-0.3, -0.25) is 4.79 Å². The van der Waals surface area contributed by atoms with E-state index in [1.54, 1.807) is 6.92 Å². The quantitative estimate of drug-likeness (QED) is 0.722. The summed E-state index contributed by atoms with van der Waals surface area (Å²) >= 11 is 0. The van der Waals surface area contributed by atoms with Crippen LogP contribution in [0.25, 0.3) is 0 Å². The van der Waals surface area contributed by atoms with Gasteiger partial charge in [0.15, 0.2) is 6.10 Å². The van der Waals surface area contributed by atoms with Gasteiger partial charge in [0, 0.05) is 5.69 Å². The second kappa shape index (κ2) is 9.13. The number of nitrogen functional groups attached to an aromatic ring is 1. The Balaban J connectivity index is 0.000000292. The molecule has 0 aliphatic heterocycles. The zero-order chi connectivity index (χ0) is 21.7. The maximum absolute atomic E-state index is 10.8. The molecule has 0 heterocycles. The molecule has 1 unspecified atom stereocenters. The van der Waals surface area contributed by atoms with Crippen LogP contribution in [0.5, 0.6) is 5.75 Å². The van der Waals surface area contributed by atoms with Crippen molar-refractivity contribution in [2.75, 3.05) is 5.73 Å². The molecule has 2 aromatic rings. The maximum atomic E-state index is 10.8. The lowest BCUT2D eigenvalue weighted by molar-refractivity contribution is -0.123. The van der Waals surface area contributed by atoms with E-state index in [1.165, 1.54) is 11.1 Å². The number of carbonyl (C=O) groups excluding carboxylic acids is 1. The largest absolute Gasteiger partial charge is 0.481 e. The van der Waals surface area contributed by atoms with Gasteiger partial charge >= 0.3 is 0 Å². The Morgan fingerprint density at radius 3 is 1.75 bits per heavy atom. The molecule has 0 saturated heterocycles. The van der Waals surface area contributed by atoms with Gasteiger partial charge in [-0.15, -0.1) is 0 Å². The second-order valence-corrected chi connectivity index (χ2v) is 9.26. The number of nitrogens with two attached hydrogens (primary N) is 2. The third-order valence-corrected chi connectivity index (χ3v) is 4.58.